The lowest BCUT2D eigenvalue weighted by atomic mass is 9.80. The van der Waals surface area contributed by atoms with Gasteiger partial charge in [0.05, 0.1) is 25.4 Å². The lowest BCUT2D eigenvalue weighted by molar-refractivity contribution is -0.186. The molecular weight excluding hydrogens is 278 g/mol. The molecule has 0 radical (unpaired) electrons. The lowest BCUT2D eigenvalue weighted by Crippen LogP contribution is -2.47. The van der Waals surface area contributed by atoms with Crippen molar-refractivity contribution in [2.24, 2.45) is 5.92 Å². The van der Waals surface area contributed by atoms with Crippen LogP contribution in [-0.2, 0) is 14.2 Å². The van der Waals surface area contributed by atoms with E-state index < -0.39 is 0 Å². The third-order valence-electron chi connectivity index (χ3n) is 5.57. The van der Waals surface area contributed by atoms with Gasteiger partial charge in [0, 0.05) is 12.3 Å². The first-order valence-corrected chi connectivity index (χ1v) is 8.52. The highest BCUT2D eigenvalue weighted by molar-refractivity contribution is 5.41. The third kappa shape index (κ3) is 2.51. The van der Waals surface area contributed by atoms with Crippen molar-refractivity contribution < 1.29 is 14.2 Å². The van der Waals surface area contributed by atoms with Crippen LogP contribution in [0, 0.1) is 5.92 Å². The first-order valence-electron chi connectivity index (χ1n) is 8.52. The van der Waals surface area contributed by atoms with E-state index in [1.165, 1.54) is 18.4 Å². The Morgan fingerprint density at radius 3 is 2.68 bits per heavy atom. The number of likely N-dealkylation sites (N-methyl/N-ethyl adjacent to an activating group) is 1. The third-order valence-corrected chi connectivity index (χ3v) is 5.57. The van der Waals surface area contributed by atoms with E-state index in [4.69, 9.17) is 14.2 Å². The van der Waals surface area contributed by atoms with Crippen LogP contribution in [0.25, 0.3) is 0 Å². The highest BCUT2D eigenvalue weighted by Crippen LogP contribution is 2.49. The van der Waals surface area contributed by atoms with E-state index in [9.17, 15) is 0 Å². The van der Waals surface area contributed by atoms with Crippen molar-refractivity contribution in [2.75, 3.05) is 33.9 Å². The number of ether oxygens (including phenoxy) is 3. The molecule has 4 nitrogen and oxygen atoms in total. The van der Waals surface area contributed by atoms with E-state index in [1.807, 2.05) is 6.92 Å². The van der Waals surface area contributed by atoms with E-state index in [0.717, 1.165) is 31.8 Å². The molecule has 2 fully saturated rings. The van der Waals surface area contributed by atoms with Crippen molar-refractivity contribution in [3.8, 4) is 0 Å². The zero-order chi connectivity index (χ0) is 15.8. The van der Waals surface area contributed by atoms with Gasteiger partial charge in [-0.05, 0) is 64.9 Å². The summed E-state index contributed by atoms with van der Waals surface area (Å²) in [5.41, 5.74) is 1.27. The molecule has 1 heterocycles. The van der Waals surface area contributed by atoms with Gasteiger partial charge in [-0.15, -0.1) is 0 Å². The maximum absolute atomic E-state index is 6.05. The molecule has 1 aliphatic heterocycles. The van der Waals surface area contributed by atoms with Gasteiger partial charge in [0.15, 0.2) is 5.79 Å². The van der Waals surface area contributed by atoms with Crippen molar-refractivity contribution in [1.82, 2.24) is 4.90 Å². The van der Waals surface area contributed by atoms with Gasteiger partial charge >= 0.3 is 0 Å². The maximum Gasteiger partial charge on any atom is 0.171 e. The summed E-state index contributed by atoms with van der Waals surface area (Å²) in [5, 5.41) is 0. The first kappa shape index (κ1) is 16.0. The average molecular weight is 307 g/mol. The van der Waals surface area contributed by atoms with Crippen molar-refractivity contribution >= 4 is 0 Å². The summed E-state index contributed by atoms with van der Waals surface area (Å²) < 4.78 is 17.8. The molecule has 124 valence electrons. The number of hydrogen-bond donors (Lipinski definition) is 0. The Labute approximate surface area is 134 Å². The molecule has 3 aliphatic rings. The van der Waals surface area contributed by atoms with Gasteiger partial charge in [0.2, 0.25) is 0 Å². The quantitative estimate of drug-likeness (QED) is 0.781. The maximum atomic E-state index is 6.05. The average Bonchev–Trinajstić information content (AvgIpc) is 3.15. The standard InChI is InChI=1S/C18H29NO3/c1-5-20-16-11-14(2)17(13-16,19(3)4)12-15-7-6-8-18(15)21-9-10-22-18/h11,13,15H,5-10,12H2,1-4H3. The molecule has 1 saturated heterocycles. The van der Waals surface area contributed by atoms with E-state index in [-0.39, 0.29) is 11.3 Å². The lowest BCUT2D eigenvalue weighted by Gasteiger charge is -2.41. The van der Waals surface area contributed by atoms with Crippen molar-refractivity contribution in [2.45, 2.75) is 50.9 Å². The molecule has 0 bridgehead atoms. The van der Waals surface area contributed by atoms with Crippen LogP contribution < -0.4 is 0 Å². The van der Waals surface area contributed by atoms with E-state index in [2.05, 4.69) is 38.1 Å². The second kappa shape index (κ2) is 5.99. The van der Waals surface area contributed by atoms with Crippen LogP contribution in [0.4, 0.5) is 0 Å². The molecule has 0 aromatic rings. The highest BCUT2D eigenvalue weighted by atomic mass is 16.7. The van der Waals surface area contributed by atoms with Crippen LogP contribution in [0.15, 0.2) is 23.5 Å². The number of rotatable bonds is 5. The minimum Gasteiger partial charge on any atom is -0.494 e. The van der Waals surface area contributed by atoms with Gasteiger partial charge in [0.1, 0.15) is 5.76 Å². The number of nitrogens with zero attached hydrogens (tertiary/aromatic N) is 1. The van der Waals surface area contributed by atoms with Crippen LogP contribution in [0.3, 0.4) is 0 Å². The predicted molar refractivity (Wildman–Crippen MR) is 86.5 cm³/mol. The van der Waals surface area contributed by atoms with Gasteiger partial charge in [-0.25, -0.2) is 0 Å². The normalized spacial score (nSPS) is 33.6. The van der Waals surface area contributed by atoms with Gasteiger partial charge < -0.3 is 14.2 Å². The summed E-state index contributed by atoms with van der Waals surface area (Å²) in [5.74, 6) is 1.11. The Morgan fingerprint density at radius 1 is 1.32 bits per heavy atom. The molecule has 2 aliphatic carbocycles. The zero-order valence-corrected chi connectivity index (χ0v) is 14.4. The van der Waals surface area contributed by atoms with Crippen LogP contribution in [0.2, 0.25) is 0 Å². The monoisotopic (exact) mass is 307 g/mol. The summed E-state index contributed by atoms with van der Waals surface area (Å²) >= 11 is 0. The zero-order valence-electron chi connectivity index (χ0n) is 14.4. The predicted octanol–water partition coefficient (Wildman–Crippen LogP) is 3.10. The fourth-order valence-electron chi connectivity index (χ4n) is 4.37. The Balaban J connectivity index is 1.85. The molecular formula is C18H29NO3. The molecule has 0 N–H and O–H groups in total. The van der Waals surface area contributed by atoms with Gasteiger partial charge in [-0.1, -0.05) is 0 Å². The summed E-state index contributed by atoms with van der Waals surface area (Å²) in [6, 6.07) is 0. The van der Waals surface area contributed by atoms with Crippen molar-refractivity contribution in [3.05, 3.63) is 23.5 Å². The molecule has 0 aromatic carbocycles. The highest BCUT2D eigenvalue weighted by Gasteiger charge is 2.52. The van der Waals surface area contributed by atoms with E-state index in [1.54, 1.807) is 0 Å². The Bertz CT molecular complexity index is 471. The molecule has 4 heteroatoms. The summed E-state index contributed by atoms with van der Waals surface area (Å²) in [4.78, 5) is 2.31. The largest absolute Gasteiger partial charge is 0.494 e. The Hall–Kier alpha value is -0.840. The van der Waals surface area contributed by atoms with Gasteiger partial charge in [0.25, 0.3) is 0 Å². The van der Waals surface area contributed by atoms with Crippen LogP contribution in [0.5, 0.6) is 0 Å². The molecule has 1 saturated carbocycles. The van der Waals surface area contributed by atoms with Crippen LogP contribution in [0.1, 0.15) is 39.5 Å². The van der Waals surface area contributed by atoms with Crippen LogP contribution >= 0.6 is 0 Å². The minimum absolute atomic E-state index is 0.0815. The second-order valence-electron chi connectivity index (χ2n) is 6.93. The van der Waals surface area contributed by atoms with Gasteiger partial charge in [-0.3, -0.25) is 4.90 Å². The molecule has 1 spiro atoms. The Kier molecular flexibility index (Phi) is 4.36. The molecule has 0 amide bonds. The summed E-state index contributed by atoms with van der Waals surface area (Å²) in [6.45, 7) is 6.42. The molecule has 22 heavy (non-hydrogen) atoms. The molecule has 2 unspecified atom stereocenters. The number of hydrogen-bond acceptors (Lipinski definition) is 4. The SMILES string of the molecule is CCOC1=CC(CC2CCCC23OCCO3)(N(C)C)C(C)=C1. The smallest absolute Gasteiger partial charge is 0.171 e. The molecule has 0 aromatic heterocycles. The minimum atomic E-state index is -0.328. The van der Waals surface area contributed by atoms with E-state index >= 15 is 0 Å². The topological polar surface area (TPSA) is 30.9 Å². The molecule has 3 rings (SSSR count). The summed E-state index contributed by atoms with van der Waals surface area (Å²) in [7, 11) is 4.31. The molecule has 2 atom stereocenters. The fourth-order valence-corrected chi connectivity index (χ4v) is 4.37. The van der Waals surface area contributed by atoms with Gasteiger partial charge in [-0.2, -0.15) is 0 Å². The summed E-state index contributed by atoms with van der Waals surface area (Å²) in [6.07, 6.45) is 8.90. The second-order valence-corrected chi connectivity index (χ2v) is 6.93. The van der Waals surface area contributed by atoms with Crippen LogP contribution in [-0.4, -0.2) is 50.1 Å². The number of allylic oxidation sites excluding steroid dienone is 1. The first-order chi connectivity index (χ1) is 10.5. The Morgan fingerprint density at radius 2 is 2.05 bits per heavy atom. The fraction of sp³-hybridized carbons (Fsp3) is 0.778. The van der Waals surface area contributed by atoms with E-state index in [0.29, 0.717) is 12.5 Å². The van der Waals surface area contributed by atoms with Crippen molar-refractivity contribution in [1.29, 1.82) is 0 Å². The van der Waals surface area contributed by atoms with Crippen molar-refractivity contribution in [3.63, 3.8) is 0 Å².